The zero-order valence-corrected chi connectivity index (χ0v) is 9.17. The summed E-state index contributed by atoms with van der Waals surface area (Å²) in [6.45, 7) is 0. The first-order chi connectivity index (χ1) is 7.59. The maximum absolute atomic E-state index is 10.5. The summed E-state index contributed by atoms with van der Waals surface area (Å²) in [7, 11) is 0. The van der Waals surface area contributed by atoms with E-state index in [1.165, 1.54) is 5.56 Å². The van der Waals surface area contributed by atoms with Gasteiger partial charge in [-0.1, -0.05) is 30.3 Å². The van der Waals surface area contributed by atoms with Crippen molar-refractivity contribution in [3.8, 4) is 0 Å². The third-order valence-electron chi connectivity index (χ3n) is 2.51. The summed E-state index contributed by atoms with van der Waals surface area (Å²) in [5, 5.41) is 8.62. The maximum Gasteiger partial charge on any atom is 0.320 e. The predicted molar refractivity (Wildman–Crippen MR) is 63.0 cm³/mol. The average Bonchev–Trinajstić information content (AvgIpc) is 2.27. The van der Waals surface area contributed by atoms with Crippen LogP contribution in [0.2, 0.25) is 0 Å². The van der Waals surface area contributed by atoms with Crippen molar-refractivity contribution in [2.45, 2.75) is 31.3 Å². The number of carboxylic acid groups (broad SMARTS) is 1. The van der Waals surface area contributed by atoms with Gasteiger partial charge in [0.05, 0.1) is 0 Å². The minimum absolute atomic E-state index is 0.0344. The van der Waals surface area contributed by atoms with Gasteiger partial charge < -0.3 is 16.6 Å². The lowest BCUT2D eigenvalue weighted by molar-refractivity contribution is -0.138. The van der Waals surface area contributed by atoms with E-state index in [0.29, 0.717) is 12.8 Å². The third kappa shape index (κ3) is 4.42. The van der Waals surface area contributed by atoms with E-state index < -0.39 is 12.0 Å². The van der Waals surface area contributed by atoms with E-state index in [0.717, 1.165) is 6.42 Å². The molecule has 0 aliphatic rings. The Labute approximate surface area is 95.3 Å². The molecule has 0 fully saturated rings. The Morgan fingerprint density at radius 2 is 1.81 bits per heavy atom. The number of hydrogen-bond acceptors (Lipinski definition) is 3. The molecule has 2 atom stereocenters. The molecule has 1 aromatic carbocycles. The second-order valence-corrected chi connectivity index (χ2v) is 3.97. The molecule has 16 heavy (non-hydrogen) atoms. The van der Waals surface area contributed by atoms with Gasteiger partial charge >= 0.3 is 5.97 Å². The number of nitrogens with two attached hydrogens (primary N) is 2. The van der Waals surface area contributed by atoms with Crippen LogP contribution in [0.15, 0.2) is 30.3 Å². The normalized spacial score (nSPS) is 14.4. The van der Waals surface area contributed by atoms with Crippen LogP contribution >= 0.6 is 0 Å². The summed E-state index contributed by atoms with van der Waals surface area (Å²) in [5.74, 6) is -0.966. The van der Waals surface area contributed by atoms with E-state index >= 15 is 0 Å². The van der Waals surface area contributed by atoms with Crippen molar-refractivity contribution in [3.63, 3.8) is 0 Å². The average molecular weight is 222 g/mol. The molecule has 0 bridgehead atoms. The van der Waals surface area contributed by atoms with Gasteiger partial charge in [0.1, 0.15) is 6.04 Å². The molecule has 0 aliphatic carbocycles. The van der Waals surface area contributed by atoms with Crippen molar-refractivity contribution in [1.29, 1.82) is 0 Å². The lowest BCUT2D eigenvalue weighted by Crippen LogP contribution is -2.33. The van der Waals surface area contributed by atoms with Crippen molar-refractivity contribution >= 4 is 5.97 Å². The number of rotatable bonds is 6. The Kier molecular flexibility index (Phi) is 4.95. The molecule has 0 aromatic heterocycles. The molecule has 1 aromatic rings. The fourth-order valence-corrected chi connectivity index (χ4v) is 1.54. The number of hydrogen-bond donors (Lipinski definition) is 3. The topological polar surface area (TPSA) is 89.3 Å². The summed E-state index contributed by atoms with van der Waals surface area (Å²) in [4.78, 5) is 10.5. The molecule has 0 aliphatic heterocycles. The van der Waals surface area contributed by atoms with Gasteiger partial charge in [-0.15, -0.1) is 0 Å². The molecular formula is C12H18N2O2. The van der Waals surface area contributed by atoms with Crippen LogP contribution in [-0.4, -0.2) is 23.2 Å². The highest BCUT2D eigenvalue weighted by Gasteiger charge is 2.13. The first kappa shape index (κ1) is 12.7. The van der Waals surface area contributed by atoms with E-state index in [4.69, 9.17) is 16.6 Å². The molecule has 1 rings (SSSR count). The van der Waals surface area contributed by atoms with Crippen LogP contribution in [0.1, 0.15) is 18.4 Å². The van der Waals surface area contributed by atoms with Crippen molar-refractivity contribution in [1.82, 2.24) is 0 Å². The van der Waals surface area contributed by atoms with Crippen LogP contribution in [0.25, 0.3) is 0 Å². The van der Waals surface area contributed by atoms with Crippen molar-refractivity contribution < 1.29 is 9.90 Å². The van der Waals surface area contributed by atoms with Gasteiger partial charge in [-0.3, -0.25) is 4.79 Å². The summed E-state index contributed by atoms with van der Waals surface area (Å²) < 4.78 is 0. The summed E-state index contributed by atoms with van der Waals surface area (Å²) in [6.07, 6.45) is 1.80. The Bertz CT molecular complexity index is 327. The molecule has 4 heteroatoms. The van der Waals surface area contributed by atoms with E-state index in [2.05, 4.69) is 0 Å². The molecule has 0 radical (unpaired) electrons. The zero-order valence-electron chi connectivity index (χ0n) is 9.17. The highest BCUT2D eigenvalue weighted by atomic mass is 16.4. The monoisotopic (exact) mass is 222 g/mol. The first-order valence-corrected chi connectivity index (χ1v) is 5.37. The van der Waals surface area contributed by atoms with Crippen LogP contribution in [0.3, 0.4) is 0 Å². The molecule has 0 saturated heterocycles. The summed E-state index contributed by atoms with van der Waals surface area (Å²) >= 11 is 0. The zero-order chi connectivity index (χ0) is 12.0. The smallest absolute Gasteiger partial charge is 0.320 e. The molecule has 0 saturated carbocycles. The minimum Gasteiger partial charge on any atom is -0.480 e. The highest BCUT2D eigenvalue weighted by molar-refractivity contribution is 5.72. The van der Waals surface area contributed by atoms with Crippen LogP contribution in [0.5, 0.6) is 0 Å². The molecule has 0 heterocycles. The first-order valence-electron chi connectivity index (χ1n) is 5.37. The van der Waals surface area contributed by atoms with E-state index in [1.54, 1.807) is 0 Å². The predicted octanol–water partition coefficient (Wildman–Crippen LogP) is 0.749. The van der Waals surface area contributed by atoms with Gasteiger partial charge in [0, 0.05) is 6.04 Å². The standard InChI is InChI=1S/C12H18N2O2/c13-10(6-7-11(14)12(15)16)8-9-4-2-1-3-5-9/h1-5,10-11H,6-8,13-14H2,(H,15,16)/t10?,11-/m0/s1. The highest BCUT2D eigenvalue weighted by Crippen LogP contribution is 2.06. The molecule has 4 nitrogen and oxygen atoms in total. The molecule has 0 amide bonds. The molecule has 1 unspecified atom stereocenters. The van der Waals surface area contributed by atoms with Crippen molar-refractivity contribution in [2.24, 2.45) is 11.5 Å². The van der Waals surface area contributed by atoms with Gasteiger partial charge in [-0.05, 0) is 24.8 Å². The molecular weight excluding hydrogens is 204 g/mol. The van der Waals surface area contributed by atoms with Crippen molar-refractivity contribution in [3.05, 3.63) is 35.9 Å². The summed E-state index contributed by atoms with van der Waals surface area (Å²) in [6, 6.07) is 9.06. The summed E-state index contributed by atoms with van der Waals surface area (Å²) in [5.41, 5.74) is 12.5. The lowest BCUT2D eigenvalue weighted by atomic mass is 10.0. The number of benzene rings is 1. The largest absolute Gasteiger partial charge is 0.480 e. The number of carbonyl (C=O) groups is 1. The van der Waals surface area contributed by atoms with Gasteiger partial charge in [0.15, 0.2) is 0 Å². The van der Waals surface area contributed by atoms with Gasteiger partial charge in [0.2, 0.25) is 0 Å². The van der Waals surface area contributed by atoms with Gasteiger partial charge in [0.25, 0.3) is 0 Å². The maximum atomic E-state index is 10.5. The fourth-order valence-electron chi connectivity index (χ4n) is 1.54. The van der Waals surface area contributed by atoms with E-state index in [-0.39, 0.29) is 6.04 Å². The Morgan fingerprint density at radius 3 is 2.38 bits per heavy atom. The number of aliphatic carboxylic acids is 1. The minimum atomic E-state index is -0.966. The quantitative estimate of drug-likeness (QED) is 0.662. The second kappa shape index (κ2) is 6.25. The van der Waals surface area contributed by atoms with Crippen molar-refractivity contribution in [2.75, 3.05) is 0 Å². The van der Waals surface area contributed by atoms with Gasteiger partial charge in [-0.25, -0.2) is 0 Å². The van der Waals surface area contributed by atoms with Crippen LogP contribution in [0, 0.1) is 0 Å². The fraction of sp³-hybridized carbons (Fsp3) is 0.417. The van der Waals surface area contributed by atoms with Crippen LogP contribution in [-0.2, 0) is 11.2 Å². The Balaban J connectivity index is 2.31. The lowest BCUT2D eigenvalue weighted by Gasteiger charge is -2.13. The second-order valence-electron chi connectivity index (χ2n) is 3.97. The number of carboxylic acids is 1. The molecule has 5 N–H and O–H groups in total. The Morgan fingerprint density at radius 1 is 1.19 bits per heavy atom. The van der Waals surface area contributed by atoms with Gasteiger partial charge in [-0.2, -0.15) is 0 Å². The third-order valence-corrected chi connectivity index (χ3v) is 2.51. The molecule has 88 valence electrons. The SMILES string of the molecule is NC(CC[C@H](N)C(=O)O)Cc1ccccc1. The van der Waals surface area contributed by atoms with Crippen LogP contribution < -0.4 is 11.5 Å². The van der Waals surface area contributed by atoms with Crippen LogP contribution in [0.4, 0.5) is 0 Å². The van der Waals surface area contributed by atoms with E-state index in [1.807, 2.05) is 30.3 Å². The Hall–Kier alpha value is -1.39. The molecule has 0 spiro atoms. The van der Waals surface area contributed by atoms with E-state index in [9.17, 15) is 4.79 Å².